The Balaban J connectivity index is 2.01. The molecule has 6 heteroatoms. The number of halogens is 1. The van der Waals surface area contributed by atoms with Crippen molar-refractivity contribution in [2.75, 3.05) is 5.32 Å². The van der Waals surface area contributed by atoms with Gasteiger partial charge in [-0.1, -0.05) is 62.7 Å². The summed E-state index contributed by atoms with van der Waals surface area (Å²) in [5.74, 6) is 0.876. The van der Waals surface area contributed by atoms with E-state index in [2.05, 4.69) is 15.3 Å². The van der Waals surface area contributed by atoms with E-state index in [1.807, 2.05) is 51.1 Å². The fourth-order valence-electron chi connectivity index (χ4n) is 1.68. The number of carbonyl (C=O) groups excluding carboxylic acids is 1. The summed E-state index contributed by atoms with van der Waals surface area (Å²) < 4.78 is 5.14. The van der Waals surface area contributed by atoms with Gasteiger partial charge in [0, 0.05) is 11.5 Å². The fourth-order valence-corrected chi connectivity index (χ4v) is 1.86. The first-order valence-corrected chi connectivity index (χ1v) is 7.25. The van der Waals surface area contributed by atoms with Crippen molar-refractivity contribution in [1.29, 1.82) is 0 Å². The first kappa shape index (κ1) is 16.2. The number of aromatic nitrogens is 2. The topological polar surface area (TPSA) is 64.1 Å². The Morgan fingerprint density at radius 2 is 1.91 bits per heavy atom. The van der Waals surface area contributed by atoms with E-state index >= 15 is 0 Å². The van der Waals surface area contributed by atoms with E-state index in [0.717, 1.165) is 5.56 Å². The molecule has 22 heavy (non-hydrogen) atoms. The molecule has 0 saturated heterocycles. The minimum absolute atomic E-state index is 0.192. The van der Waals surface area contributed by atoms with Gasteiger partial charge in [0.1, 0.15) is 23.4 Å². The van der Waals surface area contributed by atoms with Gasteiger partial charge in [-0.2, -0.15) is 0 Å². The predicted octanol–water partition coefficient (Wildman–Crippen LogP) is 4.18. The van der Waals surface area contributed by atoms with Gasteiger partial charge >= 0.3 is 6.09 Å². The standard InChI is InChI=1S/C16H18ClN3O2/c1-16(2,3)14-18-12(17)9-13(19-14)20-15(21)22-10-11-7-5-4-6-8-11/h4-9H,10H2,1-3H3,(H,18,19,20,21). The number of ether oxygens (including phenoxy) is 1. The van der Waals surface area contributed by atoms with Crippen molar-refractivity contribution in [1.82, 2.24) is 9.97 Å². The Bertz CT molecular complexity index is 654. The lowest BCUT2D eigenvalue weighted by atomic mass is 9.96. The van der Waals surface area contributed by atoms with E-state index < -0.39 is 6.09 Å². The summed E-state index contributed by atoms with van der Waals surface area (Å²) in [5.41, 5.74) is 0.642. The molecular weight excluding hydrogens is 302 g/mol. The lowest BCUT2D eigenvalue weighted by Crippen LogP contribution is -2.19. The lowest BCUT2D eigenvalue weighted by molar-refractivity contribution is 0.155. The zero-order valence-corrected chi connectivity index (χ0v) is 13.5. The molecule has 5 nitrogen and oxygen atoms in total. The number of hydrogen-bond acceptors (Lipinski definition) is 4. The maximum absolute atomic E-state index is 11.8. The van der Waals surface area contributed by atoms with E-state index in [0.29, 0.717) is 11.6 Å². The quantitative estimate of drug-likeness (QED) is 0.862. The SMILES string of the molecule is CC(C)(C)c1nc(Cl)cc(NC(=O)OCc2ccccc2)n1. The van der Waals surface area contributed by atoms with Crippen molar-refractivity contribution >= 4 is 23.5 Å². The number of nitrogens with one attached hydrogen (secondary N) is 1. The molecule has 1 aromatic carbocycles. The van der Waals surface area contributed by atoms with Crippen LogP contribution >= 0.6 is 11.6 Å². The maximum atomic E-state index is 11.8. The van der Waals surface area contributed by atoms with Gasteiger partial charge in [-0.3, -0.25) is 5.32 Å². The Kier molecular flexibility index (Phi) is 4.98. The molecule has 0 aliphatic heterocycles. The summed E-state index contributed by atoms with van der Waals surface area (Å²) in [6, 6.07) is 10.9. The third-order valence-corrected chi connectivity index (χ3v) is 3.00. The van der Waals surface area contributed by atoms with Crippen LogP contribution in [-0.4, -0.2) is 16.1 Å². The van der Waals surface area contributed by atoms with E-state index in [9.17, 15) is 4.79 Å². The van der Waals surface area contributed by atoms with E-state index in [4.69, 9.17) is 16.3 Å². The van der Waals surface area contributed by atoms with Crippen LogP contribution in [0.4, 0.5) is 10.6 Å². The highest BCUT2D eigenvalue weighted by Gasteiger charge is 2.19. The zero-order chi connectivity index (χ0) is 16.2. The molecule has 2 aromatic rings. The van der Waals surface area contributed by atoms with Gasteiger partial charge in [-0.25, -0.2) is 14.8 Å². The second-order valence-electron chi connectivity index (χ2n) is 5.84. The summed E-state index contributed by atoms with van der Waals surface area (Å²) >= 11 is 5.97. The fraction of sp³-hybridized carbons (Fsp3) is 0.312. The molecule has 1 amide bonds. The molecule has 0 saturated carbocycles. The highest BCUT2D eigenvalue weighted by Crippen LogP contribution is 2.22. The molecule has 0 atom stereocenters. The molecule has 0 aliphatic carbocycles. The monoisotopic (exact) mass is 319 g/mol. The van der Waals surface area contributed by atoms with Gasteiger partial charge in [-0.05, 0) is 5.56 Å². The molecular formula is C16H18ClN3O2. The van der Waals surface area contributed by atoms with Crippen LogP contribution in [0.5, 0.6) is 0 Å². The molecule has 0 aliphatic rings. The highest BCUT2D eigenvalue weighted by molar-refractivity contribution is 6.29. The number of anilines is 1. The van der Waals surface area contributed by atoms with Crippen LogP contribution in [-0.2, 0) is 16.8 Å². The Morgan fingerprint density at radius 3 is 2.55 bits per heavy atom. The number of nitrogens with zero attached hydrogens (tertiary/aromatic N) is 2. The number of benzene rings is 1. The smallest absolute Gasteiger partial charge is 0.413 e. The molecule has 1 aromatic heterocycles. The van der Waals surface area contributed by atoms with Gasteiger partial charge in [0.15, 0.2) is 0 Å². The van der Waals surface area contributed by atoms with Gasteiger partial charge in [0.25, 0.3) is 0 Å². The summed E-state index contributed by atoms with van der Waals surface area (Å²) in [6.45, 7) is 6.10. The minimum atomic E-state index is -0.585. The van der Waals surface area contributed by atoms with Crippen LogP contribution in [0.3, 0.4) is 0 Å². The van der Waals surface area contributed by atoms with Crippen molar-refractivity contribution in [3.63, 3.8) is 0 Å². The van der Waals surface area contributed by atoms with Gasteiger partial charge < -0.3 is 4.74 Å². The Labute approximate surface area is 134 Å². The molecule has 116 valence electrons. The van der Waals surface area contributed by atoms with E-state index in [1.165, 1.54) is 6.07 Å². The number of rotatable bonds is 3. The summed E-state index contributed by atoms with van der Waals surface area (Å²) in [5, 5.41) is 2.84. The first-order chi connectivity index (χ1) is 10.3. The third-order valence-electron chi connectivity index (χ3n) is 2.81. The zero-order valence-electron chi connectivity index (χ0n) is 12.8. The largest absolute Gasteiger partial charge is 0.444 e. The summed E-state index contributed by atoms with van der Waals surface area (Å²) in [4.78, 5) is 20.3. The lowest BCUT2D eigenvalue weighted by Gasteiger charge is -2.17. The second kappa shape index (κ2) is 6.75. The van der Waals surface area contributed by atoms with Crippen LogP contribution in [0.25, 0.3) is 0 Å². The minimum Gasteiger partial charge on any atom is -0.444 e. The number of amides is 1. The maximum Gasteiger partial charge on any atom is 0.413 e. The predicted molar refractivity (Wildman–Crippen MR) is 86.0 cm³/mol. The first-order valence-electron chi connectivity index (χ1n) is 6.87. The van der Waals surface area contributed by atoms with Crippen molar-refractivity contribution in [3.8, 4) is 0 Å². The number of hydrogen-bond donors (Lipinski definition) is 1. The van der Waals surface area contributed by atoms with Crippen LogP contribution in [0.1, 0.15) is 32.2 Å². The van der Waals surface area contributed by atoms with Gasteiger partial charge in [0.2, 0.25) is 0 Å². The average molecular weight is 320 g/mol. The average Bonchev–Trinajstić information content (AvgIpc) is 2.45. The van der Waals surface area contributed by atoms with Crippen LogP contribution in [0.2, 0.25) is 5.15 Å². The van der Waals surface area contributed by atoms with Crippen molar-refractivity contribution in [2.45, 2.75) is 32.8 Å². The van der Waals surface area contributed by atoms with Crippen LogP contribution in [0.15, 0.2) is 36.4 Å². The molecule has 0 unspecified atom stereocenters. The second-order valence-corrected chi connectivity index (χ2v) is 6.22. The van der Waals surface area contributed by atoms with Crippen molar-refractivity contribution in [2.24, 2.45) is 0 Å². The van der Waals surface area contributed by atoms with Crippen LogP contribution < -0.4 is 5.32 Å². The summed E-state index contributed by atoms with van der Waals surface area (Å²) in [6.07, 6.45) is -0.585. The normalized spacial score (nSPS) is 11.1. The van der Waals surface area contributed by atoms with Gasteiger partial charge in [-0.15, -0.1) is 0 Å². The molecule has 0 bridgehead atoms. The summed E-state index contributed by atoms with van der Waals surface area (Å²) in [7, 11) is 0. The van der Waals surface area contributed by atoms with Crippen LogP contribution in [0, 0.1) is 0 Å². The molecule has 2 rings (SSSR count). The highest BCUT2D eigenvalue weighted by atomic mass is 35.5. The van der Waals surface area contributed by atoms with Crippen molar-refractivity contribution < 1.29 is 9.53 Å². The molecule has 0 radical (unpaired) electrons. The Morgan fingerprint density at radius 1 is 1.23 bits per heavy atom. The van der Waals surface area contributed by atoms with E-state index in [1.54, 1.807) is 0 Å². The molecule has 1 N–H and O–H groups in total. The molecule has 0 spiro atoms. The third kappa shape index (κ3) is 4.70. The van der Waals surface area contributed by atoms with Gasteiger partial charge in [0.05, 0.1) is 0 Å². The Hall–Kier alpha value is -2.14. The number of carbonyl (C=O) groups is 1. The molecule has 0 fully saturated rings. The van der Waals surface area contributed by atoms with E-state index in [-0.39, 0.29) is 17.2 Å². The van der Waals surface area contributed by atoms with Crippen molar-refractivity contribution in [3.05, 3.63) is 52.9 Å². The molecule has 1 heterocycles.